The van der Waals surface area contributed by atoms with Crippen molar-refractivity contribution in [2.45, 2.75) is 50.6 Å². The van der Waals surface area contributed by atoms with Crippen LogP contribution in [0.4, 0.5) is 5.69 Å². The van der Waals surface area contributed by atoms with E-state index in [1.54, 1.807) is 36.4 Å². The highest BCUT2D eigenvalue weighted by Gasteiger charge is 2.37. The molecule has 8 nitrogen and oxygen atoms in total. The lowest BCUT2D eigenvalue weighted by Gasteiger charge is -2.39. The Kier molecular flexibility index (Phi) is 8.70. The second-order valence-electron chi connectivity index (χ2n) is 11.5. The summed E-state index contributed by atoms with van der Waals surface area (Å²) in [6.45, 7) is 2.52. The number of aliphatic hydroxyl groups excluding tert-OH is 2. The Labute approximate surface area is 257 Å². The summed E-state index contributed by atoms with van der Waals surface area (Å²) in [5, 5.41) is 20.5. The molecule has 0 saturated carbocycles. The lowest BCUT2D eigenvalue weighted by molar-refractivity contribution is -0.253. The van der Waals surface area contributed by atoms with Gasteiger partial charge in [0.05, 0.1) is 41.7 Å². The van der Waals surface area contributed by atoms with Gasteiger partial charge in [-0.25, -0.2) is 4.90 Å². The average Bonchev–Trinajstić information content (AvgIpc) is 3.33. The summed E-state index contributed by atoms with van der Waals surface area (Å²) in [5.74, 6) is -0.686. The number of amides is 2. The van der Waals surface area contributed by atoms with Crippen LogP contribution in [-0.4, -0.2) is 52.7 Å². The third-order valence-electron chi connectivity index (χ3n) is 8.62. The number of imide groups is 1. The van der Waals surface area contributed by atoms with Gasteiger partial charge in [-0.3, -0.25) is 14.5 Å². The first-order chi connectivity index (χ1) is 21.3. The van der Waals surface area contributed by atoms with Gasteiger partial charge in [0, 0.05) is 24.6 Å². The van der Waals surface area contributed by atoms with Crippen LogP contribution in [-0.2, 0) is 16.1 Å². The zero-order valence-electron chi connectivity index (χ0n) is 24.7. The summed E-state index contributed by atoms with van der Waals surface area (Å²) in [7, 11) is 1.98. The Morgan fingerprint density at radius 2 is 1.41 bits per heavy atom. The van der Waals surface area contributed by atoms with Gasteiger partial charge in [-0.2, -0.15) is 0 Å². The van der Waals surface area contributed by atoms with E-state index in [4.69, 9.17) is 9.47 Å². The summed E-state index contributed by atoms with van der Waals surface area (Å²) in [6.07, 6.45) is -1.25. The van der Waals surface area contributed by atoms with Crippen molar-refractivity contribution in [2.24, 2.45) is 0 Å². The monoisotopic (exact) mass is 592 g/mol. The number of aliphatic hydroxyl groups is 2. The number of likely N-dealkylation sites (N-methyl/N-ethyl adjacent to an activating group) is 1. The Balaban J connectivity index is 1.22. The molecule has 226 valence electrons. The highest BCUT2D eigenvalue weighted by Crippen LogP contribution is 2.39. The van der Waals surface area contributed by atoms with Crippen LogP contribution >= 0.6 is 0 Å². The minimum atomic E-state index is -0.699. The van der Waals surface area contributed by atoms with Crippen molar-refractivity contribution in [3.63, 3.8) is 0 Å². The van der Waals surface area contributed by atoms with Gasteiger partial charge in [-0.15, -0.1) is 0 Å². The van der Waals surface area contributed by atoms with E-state index >= 15 is 0 Å². The molecule has 0 bridgehead atoms. The number of nitrogens with zero attached hydrogens (tertiary/aromatic N) is 2. The van der Waals surface area contributed by atoms with Crippen molar-refractivity contribution in [1.29, 1.82) is 0 Å². The van der Waals surface area contributed by atoms with Gasteiger partial charge < -0.3 is 19.7 Å². The molecule has 8 heteroatoms. The molecule has 5 atom stereocenters. The van der Waals surface area contributed by atoms with Crippen molar-refractivity contribution in [1.82, 2.24) is 4.90 Å². The molecule has 2 heterocycles. The van der Waals surface area contributed by atoms with Crippen LogP contribution in [0.25, 0.3) is 0 Å². The van der Waals surface area contributed by atoms with E-state index in [2.05, 4.69) is 4.90 Å². The lowest BCUT2D eigenvalue weighted by Crippen LogP contribution is -2.43. The van der Waals surface area contributed by atoms with Gasteiger partial charge in [0.25, 0.3) is 11.8 Å². The quantitative estimate of drug-likeness (QED) is 0.245. The molecule has 0 aliphatic carbocycles. The van der Waals surface area contributed by atoms with Gasteiger partial charge in [0.1, 0.15) is 0 Å². The number of ether oxygens (including phenoxy) is 2. The van der Waals surface area contributed by atoms with Crippen LogP contribution in [0.5, 0.6) is 0 Å². The standard InChI is InChI=1S/C36H36N2O6/c1-23(33(40)26-8-4-3-5-9-26)37(2)21-29-20-32(25-14-12-24(22-39)13-15-25)44-36(43-29)27-16-18-28(19-17-27)38-34(41)30-10-6-7-11-31(30)35(38)42/h3-19,23,29,32-33,36,39-40H,20-22H2,1-2H3/t23-,29-,32+,33-,36+/m1/s1. The van der Waals surface area contributed by atoms with E-state index in [-0.39, 0.29) is 36.7 Å². The Morgan fingerprint density at radius 3 is 2.02 bits per heavy atom. The summed E-state index contributed by atoms with van der Waals surface area (Å²) >= 11 is 0. The second-order valence-corrected chi connectivity index (χ2v) is 11.5. The number of hydrogen-bond acceptors (Lipinski definition) is 7. The van der Waals surface area contributed by atoms with Gasteiger partial charge in [0.15, 0.2) is 6.29 Å². The number of carbonyl (C=O) groups excluding carboxylic acids is 2. The number of benzene rings is 4. The van der Waals surface area contributed by atoms with Crippen LogP contribution in [0, 0.1) is 0 Å². The first kappa shape index (κ1) is 29.9. The predicted octanol–water partition coefficient (Wildman–Crippen LogP) is 5.58. The molecule has 0 radical (unpaired) electrons. The molecule has 0 aromatic heterocycles. The maximum Gasteiger partial charge on any atom is 0.266 e. The van der Waals surface area contributed by atoms with E-state index in [0.717, 1.165) is 22.3 Å². The summed E-state index contributed by atoms with van der Waals surface area (Å²) < 4.78 is 13.0. The molecule has 2 N–H and O–H groups in total. The maximum atomic E-state index is 13.0. The fraction of sp³-hybridized carbons (Fsp3) is 0.278. The normalized spacial score (nSPS) is 21.4. The van der Waals surface area contributed by atoms with Gasteiger partial charge in [0.2, 0.25) is 0 Å². The van der Waals surface area contributed by atoms with Crippen LogP contribution in [0.2, 0.25) is 0 Å². The molecule has 4 aromatic rings. The third-order valence-corrected chi connectivity index (χ3v) is 8.62. The van der Waals surface area contributed by atoms with Crippen molar-refractivity contribution >= 4 is 17.5 Å². The smallest absolute Gasteiger partial charge is 0.266 e. The predicted molar refractivity (Wildman–Crippen MR) is 166 cm³/mol. The fourth-order valence-corrected chi connectivity index (χ4v) is 5.89. The Bertz CT molecular complexity index is 1570. The molecule has 44 heavy (non-hydrogen) atoms. The summed E-state index contributed by atoms with van der Waals surface area (Å²) in [5.41, 5.74) is 4.68. The van der Waals surface area contributed by atoms with E-state index in [1.807, 2.05) is 80.7 Å². The topological polar surface area (TPSA) is 99.5 Å². The van der Waals surface area contributed by atoms with Gasteiger partial charge >= 0.3 is 0 Å². The Morgan fingerprint density at radius 1 is 0.818 bits per heavy atom. The van der Waals surface area contributed by atoms with Crippen LogP contribution in [0.3, 0.4) is 0 Å². The van der Waals surface area contributed by atoms with E-state index in [0.29, 0.717) is 29.8 Å². The maximum absolute atomic E-state index is 13.0. The molecule has 1 saturated heterocycles. The zero-order chi connectivity index (χ0) is 30.8. The molecule has 2 amide bonds. The van der Waals surface area contributed by atoms with Crippen LogP contribution < -0.4 is 4.90 Å². The first-order valence-electron chi connectivity index (χ1n) is 14.9. The minimum Gasteiger partial charge on any atom is -0.392 e. The number of fused-ring (bicyclic) bond motifs is 1. The van der Waals surface area contributed by atoms with Crippen molar-refractivity contribution in [3.05, 3.63) is 137 Å². The van der Waals surface area contributed by atoms with E-state index in [9.17, 15) is 19.8 Å². The van der Waals surface area contributed by atoms with Crippen molar-refractivity contribution in [3.8, 4) is 0 Å². The highest BCUT2D eigenvalue weighted by molar-refractivity contribution is 6.34. The SMILES string of the molecule is C[C@H]([C@@H](O)c1ccccc1)N(C)C[C@H]1C[C@@H](c2ccc(CO)cc2)O[C@@H](c2ccc(N3C(=O)c4ccccc4C3=O)cc2)O1. The minimum absolute atomic E-state index is 0.0357. The molecule has 0 spiro atoms. The fourth-order valence-electron chi connectivity index (χ4n) is 5.89. The largest absolute Gasteiger partial charge is 0.392 e. The average molecular weight is 593 g/mol. The van der Waals surface area contributed by atoms with Crippen LogP contribution in [0.1, 0.15) is 74.8 Å². The van der Waals surface area contributed by atoms with E-state index in [1.165, 1.54) is 4.90 Å². The van der Waals surface area contributed by atoms with Crippen LogP contribution in [0.15, 0.2) is 103 Å². The van der Waals surface area contributed by atoms with Gasteiger partial charge in [-0.05, 0) is 54.9 Å². The first-order valence-corrected chi connectivity index (χ1v) is 14.9. The number of hydrogen-bond donors (Lipinski definition) is 2. The van der Waals surface area contributed by atoms with Gasteiger partial charge in [-0.1, -0.05) is 78.9 Å². The molecule has 2 aliphatic rings. The lowest BCUT2D eigenvalue weighted by atomic mass is 9.98. The van der Waals surface area contributed by atoms with E-state index < -0.39 is 12.4 Å². The summed E-state index contributed by atoms with van der Waals surface area (Å²) in [6, 6.07) is 31.1. The number of anilines is 1. The second kappa shape index (κ2) is 12.8. The summed E-state index contributed by atoms with van der Waals surface area (Å²) in [4.78, 5) is 29.3. The molecule has 4 aromatic carbocycles. The Hall–Kier alpha value is -4.18. The van der Waals surface area contributed by atoms with Crippen molar-refractivity contribution in [2.75, 3.05) is 18.5 Å². The highest BCUT2D eigenvalue weighted by atomic mass is 16.7. The van der Waals surface area contributed by atoms with Crippen molar-refractivity contribution < 1.29 is 29.3 Å². The molecule has 0 unspecified atom stereocenters. The zero-order valence-corrected chi connectivity index (χ0v) is 24.7. The molecular formula is C36H36N2O6. The molecule has 6 rings (SSSR count). The number of rotatable bonds is 9. The third kappa shape index (κ3) is 5.95. The number of carbonyl (C=O) groups is 2. The molecule has 1 fully saturated rings. The molecule has 2 aliphatic heterocycles. The molecular weight excluding hydrogens is 556 g/mol.